The molecule has 4 heteroatoms. The first-order chi connectivity index (χ1) is 8.09. The number of aromatic carboxylic acids is 1. The molecular weight excluding hydrogens is 252 g/mol. The maximum Gasteiger partial charge on any atom is 0.337 e. The Hall–Kier alpha value is -1.00. The monoisotopic (exact) mass is 266 g/mol. The Morgan fingerprint density at radius 2 is 2.24 bits per heavy atom. The van der Waals surface area contributed by atoms with E-state index in [9.17, 15) is 4.79 Å². The molecule has 0 spiro atoms. The maximum absolute atomic E-state index is 11.1. The van der Waals surface area contributed by atoms with E-state index in [4.69, 9.17) is 5.11 Å². The third kappa shape index (κ3) is 2.64. The van der Waals surface area contributed by atoms with Gasteiger partial charge in [0.25, 0.3) is 0 Å². The topological polar surface area (TPSA) is 37.3 Å². The van der Waals surface area contributed by atoms with Crippen LogP contribution in [-0.4, -0.2) is 16.3 Å². The van der Waals surface area contributed by atoms with E-state index in [1.54, 1.807) is 6.07 Å². The number of rotatable bonds is 4. The molecule has 2 aromatic rings. The highest BCUT2D eigenvalue weighted by molar-refractivity contribution is 7.99. The minimum atomic E-state index is -0.847. The molecule has 1 N–H and O–H groups in total. The molecule has 0 saturated carbocycles. The van der Waals surface area contributed by atoms with Crippen LogP contribution in [0, 0.1) is 0 Å². The molecule has 17 heavy (non-hydrogen) atoms. The van der Waals surface area contributed by atoms with Gasteiger partial charge >= 0.3 is 5.97 Å². The van der Waals surface area contributed by atoms with E-state index in [-0.39, 0.29) is 0 Å². The zero-order valence-electron chi connectivity index (χ0n) is 9.77. The number of carboxylic acid groups (broad SMARTS) is 1. The van der Waals surface area contributed by atoms with Crippen LogP contribution >= 0.6 is 23.1 Å². The lowest BCUT2D eigenvalue weighted by atomic mass is 10.1. The highest BCUT2D eigenvalue weighted by Crippen LogP contribution is 2.32. The number of thioether (sulfide) groups is 1. The first kappa shape index (κ1) is 12.5. The van der Waals surface area contributed by atoms with Crippen molar-refractivity contribution in [1.82, 2.24) is 0 Å². The summed E-state index contributed by atoms with van der Waals surface area (Å²) in [5.41, 5.74) is 1.65. The zero-order chi connectivity index (χ0) is 12.4. The Kier molecular flexibility index (Phi) is 3.74. The number of hydrogen-bond donors (Lipinski definition) is 1. The predicted molar refractivity (Wildman–Crippen MR) is 75.2 cm³/mol. The third-order valence-corrected chi connectivity index (χ3v) is 4.70. The first-order valence-electron chi connectivity index (χ1n) is 5.43. The van der Waals surface area contributed by atoms with Gasteiger partial charge in [0.05, 0.1) is 5.56 Å². The van der Waals surface area contributed by atoms with E-state index >= 15 is 0 Å². The summed E-state index contributed by atoms with van der Waals surface area (Å²) in [7, 11) is 0. The van der Waals surface area contributed by atoms with E-state index < -0.39 is 5.97 Å². The van der Waals surface area contributed by atoms with Crippen LogP contribution in [0.4, 0.5) is 0 Å². The van der Waals surface area contributed by atoms with Gasteiger partial charge in [-0.2, -0.15) is 11.8 Å². The third-order valence-electron chi connectivity index (χ3n) is 2.48. The Labute approximate surface area is 109 Å². The molecule has 2 rings (SSSR count). The number of carboxylic acids is 1. The fraction of sp³-hybridized carbons (Fsp3) is 0.308. The predicted octanol–water partition coefficient (Wildman–Crippen LogP) is 4.24. The second kappa shape index (κ2) is 5.10. The number of fused-ring (bicyclic) bond motifs is 1. The standard InChI is InChI=1S/C13H14O2S2/c1-8(2)16-6-9-7-17-12-10(9)4-3-5-11(12)13(14)15/h3-5,7-8H,6H2,1-2H3,(H,14,15). The normalized spacial score (nSPS) is 11.2. The van der Waals surface area contributed by atoms with Gasteiger partial charge in [-0.1, -0.05) is 26.0 Å². The minimum absolute atomic E-state index is 0.410. The average molecular weight is 266 g/mol. The minimum Gasteiger partial charge on any atom is -0.478 e. The van der Waals surface area contributed by atoms with Gasteiger partial charge in [0.15, 0.2) is 0 Å². The van der Waals surface area contributed by atoms with E-state index in [0.717, 1.165) is 15.8 Å². The first-order valence-corrected chi connectivity index (χ1v) is 7.36. The molecule has 0 bridgehead atoms. The van der Waals surface area contributed by atoms with Crippen LogP contribution in [0.1, 0.15) is 29.8 Å². The van der Waals surface area contributed by atoms with Crippen LogP contribution in [0.5, 0.6) is 0 Å². The quantitative estimate of drug-likeness (QED) is 0.899. The van der Waals surface area contributed by atoms with Crippen LogP contribution in [0.3, 0.4) is 0 Å². The van der Waals surface area contributed by atoms with Crippen LogP contribution in [0.25, 0.3) is 10.1 Å². The molecule has 0 unspecified atom stereocenters. The molecule has 0 amide bonds. The van der Waals surface area contributed by atoms with Gasteiger partial charge in [0.2, 0.25) is 0 Å². The SMILES string of the molecule is CC(C)SCc1csc2c(C(=O)O)cccc12. The Morgan fingerprint density at radius 3 is 2.88 bits per heavy atom. The summed E-state index contributed by atoms with van der Waals surface area (Å²) < 4.78 is 0.888. The molecule has 0 aliphatic carbocycles. The number of hydrogen-bond acceptors (Lipinski definition) is 3. The van der Waals surface area contributed by atoms with Gasteiger partial charge in [-0.3, -0.25) is 0 Å². The summed E-state index contributed by atoms with van der Waals surface area (Å²) in [6.45, 7) is 4.34. The molecule has 0 aliphatic heterocycles. The van der Waals surface area contributed by atoms with Crippen LogP contribution in [0.2, 0.25) is 0 Å². The highest BCUT2D eigenvalue weighted by Gasteiger charge is 2.12. The lowest BCUT2D eigenvalue weighted by Gasteiger charge is -2.03. The summed E-state index contributed by atoms with van der Waals surface area (Å²) in [5.74, 6) is 0.0984. The van der Waals surface area contributed by atoms with Gasteiger partial charge in [-0.05, 0) is 27.6 Å². The zero-order valence-corrected chi connectivity index (χ0v) is 11.4. The summed E-state index contributed by atoms with van der Waals surface area (Å²) in [6, 6.07) is 5.50. The summed E-state index contributed by atoms with van der Waals surface area (Å²) >= 11 is 3.40. The molecule has 0 fully saturated rings. The Morgan fingerprint density at radius 1 is 1.47 bits per heavy atom. The fourth-order valence-corrected chi connectivity index (χ4v) is 3.58. The molecule has 1 aromatic heterocycles. The van der Waals surface area contributed by atoms with Crippen molar-refractivity contribution in [2.24, 2.45) is 0 Å². The van der Waals surface area contributed by atoms with Gasteiger partial charge in [-0.15, -0.1) is 11.3 Å². The second-order valence-electron chi connectivity index (χ2n) is 4.11. The van der Waals surface area contributed by atoms with Crippen molar-refractivity contribution < 1.29 is 9.90 Å². The van der Waals surface area contributed by atoms with Crippen molar-refractivity contribution in [3.63, 3.8) is 0 Å². The van der Waals surface area contributed by atoms with E-state index in [0.29, 0.717) is 10.8 Å². The van der Waals surface area contributed by atoms with Gasteiger partial charge in [0.1, 0.15) is 0 Å². The van der Waals surface area contributed by atoms with Crippen molar-refractivity contribution >= 4 is 39.2 Å². The Bertz CT molecular complexity index is 543. The van der Waals surface area contributed by atoms with Gasteiger partial charge in [0, 0.05) is 10.5 Å². The highest BCUT2D eigenvalue weighted by atomic mass is 32.2. The van der Waals surface area contributed by atoms with Crippen molar-refractivity contribution in [3.8, 4) is 0 Å². The summed E-state index contributed by atoms with van der Waals surface area (Å²) in [4.78, 5) is 11.1. The number of thiophene rings is 1. The average Bonchev–Trinajstić information content (AvgIpc) is 2.68. The molecule has 90 valence electrons. The lowest BCUT2D eigenvalue weighted by molar-refractivity contribution is 0.0699. The molecule has 2 nitrogen and oxygen atoms in total. The van der Waals surface area contributed by atoms with E-state index in [1.165, 1.54) is 16.9 Å². The van der Waals surface area contributed by atoms with Gasteiger partial charge in [-0.25, -0.2) is 4.79 Å². The number of carbonyl (C=O) groups is 1. The number of benzene rings is 1. The molecular formula is C13H14O2S2. The van der Waals surface area contributed by atoms with Crippen molar-refractivity contribution in [3.05, 3.63) is 34.7 Å². The second-order valence-corrected chi connectivity index (χ2v) is 6.55. The summed E-state index contributed by atoms with van der Waals surface area (Å²) in [5, 5.41) is 12.9. The smallest absolute Gasteiger partial charge is 0.337 e. The lowest BCUT2D eigenvalue weighted by Crippen LogP contribution is -1.95. The van der Waals surface area contributed by atoms with Crippen LogP contribution in [-0.2, 0) is 5.75 Å². The van der Waals surface area contributed by atoms with E-state index in [1.807, 2.05) is 23.9 Å². The molecule has 0 atom stereocenters. The molecule has 1 aromatic carbocycles. The molecule has 0 saturated heterocycles. The van der Waals surface area contributed by atoms with Crippen LogP contribution in [0.15, 0.2) is 23.6 Å². The van der Waals surface area contributed by atoms with Crippen molar-refractivity contribution in [1.29, 1.82) is 0 Å². The van der Waals surface area contributed by atoms with Crippen molar-refractivity contribution in [2.45, 2.75) is 24.9 Å². The maximum atomic E-state index is 11.1. The van der Waals surface area contributed by atoms with Crippen molar-refractivity contribution in [2.75, 3.05) is 0 Å². The Balaban J connectivity index is 2.40. The van der Waals surface area contributed by atoms with E-state index in [2.05, 4.69) is 19.2 Å². The largest absolute Gasteiger partial charge is 0.478 e. The summed E-state index contributed by atoms with van der Waals surface area (Å²) in [6.07, 6.45) is 0. The molecule has 0 radical (unpaired) electrons. The fourth-order valence-electron chi connectivity index (χ4n) is 1.65. The molecule has 1 heterocycles. The molecule has 0 aliphatic rings. The van der Waals surface area contributed by atoms with Gasteiger partial charge < -0.3 is 5.11 Å². The van der Waals surface area contributed by atoms with Crippen LogP contribution < -0.4 is 0 Å².